The highest BCUT2D eigenvalue weighted by atomic mass is 35.5. The van der Waals surface area contributed by atoms with Crippen molar-refractivity contribution in [3.63, 3.8) is 0 Å². The molecule has 104 valence electrons. The molecule has 0 saturated carbocycles. The number of hydrogen-bond acceptors (Lipinski definition) is 3. The van der Waals surface area contributed by atoms with Gasteiger partial charge >= 0.3 is 0 Å². The first kappa shape index (κ1) is 14.2. The first-order chi connectivity index (χ1) is 9.38. The SMILES string of the molecule is Cc1cc(NC(=O)c2ccc(O)c(Cl)c2)c(C)cc1O. The number of carbonyl (C=O) groups is 1. The molecular weight excluding hydrogens is 278 g/mol. The molecule has 0 aromatic heterocycles. The van der Waals surface area contributed by atoms with E-state index in [4.69, 9.17) is 11.6 Å². The Balaban J connectivity index is 2.27. The van der Waals surface area contributed by atoms with Gasteiger partial charge in [0.05, 0.1) is 5.02 Å². The summed E-state index contributed by atoms with van der Waals surface area (Å²) in [5, 5.41) is 21.8. The summed E-state index contributed by atoms with van der Waals surface area (Å²) in [7, 11) is 0. The Kier molecular flexibility index (Phi) is 3.86. The predicted molar refractivity (Wildman–Crippen MR) is 78.7 cm³/mol. The van der Waals surface area contributed by atoms with Crippen molar-refractivity contribution in [2.24, 2.45) is 0 Å². The molecule has 3 N–H and O–H groups in total. The van der Waals surface area contributed by atoms with Crippen LogP contribution in [0.15, 0.2) is 30.3 Å². The molecule has 0 bridgehead atoms. The smallest absolute Gasteiger partial charge is 0.255 e. The van der Waals surface area contributed by atoms with Crippen LogP contribution in [0, 0.1) is 13.8 Å². The maximum Gasteiger partial charge on any atom is 0.255 e. The molecule has 0 fully saturated rings. The van der Waals surface area contributed by atoms with E-state index in [2.05, 4.69) is 5.32 Å². The predicted octanol–water partition coefficient (Wildman–Crippen LogP) is 3.62. The number of anilines is 1. The lowest BCUT2D eigenvalue weighted by molar-refractivity contribution is 0.102. The molecule has 0 heterocycles. The Morgan fingerprint density at radius 2 is 1.75 bits per heavy atom. The minimum absolute atomic E-state index is 0.0696. The van der Waals surface area contributed by atoms with Crippen molar-refractivity contribution >= 4 is 23.2 Å². The second-order valence-corrected chi connectivity index (χ2v) is 4.98. The van der Waals surface area contributed by atoms with Crippen LogP contribution in [0.25, 0.3) is 0 Å². The van der Waals surface area contributed by atoms with Gasteiger partial charge in [-0.05, 0) is 55.3 Å². The normalized spacial score (nSPS) is 10.3. The van der Waals surface area contributed by atoms with Crippen LogP contribution in [0.4, 0.5) is 5.69 Å². The summed E-state index contributed by atoms with van der Waals surface area (Å²) in [5.74, 6) is -0.215. The number of rotatable bonds is 2. The minimum atomic E-state index is -0.333. The minimum Gasteiger partial charge on any atom is -0.508 e. The lowest BCUT2D eigenvalue weighted by Gasteiger charge is -2.11. The third kappa shape index (κ3) is 2.86. The lowest BCUT2D eigenvalue weighted by Crippen LogP contribution is -2.12. The zero-order valence-electron chi connectivity index (χ0n) is 11.1. The molecule has 0 radical (unpaired) electrons. The Labute approximate surface area is 121 Å². The number of nitrogens with one attached hydrogen (secondary N) is 1. The Morgan fingerprint density at radius 3 is 2.40 bits per heavy atom. The molecular formula is C15H14ClNO3. The van der Waals surface area contributed by atoms with Gasteiger partial charge in [0.2, 0.25) is 0 Å². The Hall–Kier alpha value is -2.20. The van der Waals surface area contributed by atoms with Gasteiger partial charge in [0.25, 0.3) is 5.91 Å². The summed E-state index contributed by atoms with van der Waals surface area (Å²) in [5.41, 5.74) is 2.40. The molecule has 5 heteroatoms. The van der Waals surface area contributed by atoms with Crippen LogP contribution < -0.4 is 5.32 Å². The van der Waals surface area contributed by atoms with Gasteiger partial charge in [0, 0.05) is 11.3 Å². The summed E-state index contributed by atoms with van der Waals surface area (Å²) in [6.45, 7) is 3.54. The van der Waals surface area contributed by atoms with Gasteiger partial charge in [-0.2, -0.15) is 0 Å². The Bertz CT molecular complexity index is 683. The molecule has 2 aromatic rings. The monoisotopic (exact) mass is 291 g/mol. The molecule has 0 aliphatic heterocycles. The summed E-state index contributed by atoms with van der Waals surface area (Å²) in [6.07, 6.45) is 0. The van der Waals surface area contributed by atoms with E-state index in [-0.39, 0.29) is 22.4 Å². The van der Waals surface area contributed by atoms with E-state index in [0.29, 0.717) is 16.8 Å². The van der Waals surface area contributed by atoms with Gasteiger partial charge in [0.15, 0.2) is 0 Å². The van der Waals surface area contributed by atoms with Crippen molar-refractivity contribution in [2.45, 2.75) is 13.8 Å². The standard InChI is InChI=1S/C15H14ClNO3/c1-8-6-14(19)9(2)5-12(8)17-15(20)10-3-4-13(18)11(16)7-10/h3-7,18-19H,1-2H3,(H,17,20). The average molecular weight is 292 g/mol. The first-order valence-electron chi connectivity index (χ1n) is 5.98. The molecule has 4 nitrogen and oxygen atoms in total. The summed E-state index contributed by atoms with van der Waals surface area (Å²) in [4.78, 5) is 12.1. The van der Waals surface area contributed by atoms with E-state index in [1.807, 2.05) is 0 Å². The number of hydrogen-bond donors (Lipinski definition) is 3. The number of benzene rings is 2. The van der Waals surface area contributed by atoms with Crippen molar-refractivity contribution in [2.75, 3.05) is 5.32 Å². The van der Waals surface area contributed by atoms with E-state index >= 15 is 0 Å². The van der Waals surface area contributed by atoms with Crippen molar-refractivity contribution in [1.29, 1.82) is 0 Å². The van der Waals surface area contributed by atoms with E-state index in [9.17, 15) is 15.0 Å². The average Bonchev–Trinajstić information content (AvgIpc) is 2.39. The lowest BCUT2D eigenvalue weighted by atomic mass is 10.1. The molecule has 2 aromatic carbocycles. The maximum absolute atomic E-state index is 12.1. The van der Waals surface area contributed by atoms with Crippen LogP contribution in [0.5, 0.6) is 11.5 Å². The number of amides is 1. The van der Waals surface area contributed by atoms with Gasteiger partial charge in [-0.25, -0.2) is 0 Å². The van der Waals surface area contributed by atoms with E-state index in [0.717, 1.165) is 5.56 Å². The zero-order chi connectivity index (χ0) is 14.9. The second-order valence-electron chi connectivity index (χ2n) is 4.57. The summed E-state index contributed by atoms with van der Waals surface area (Å²) < 4.78 is 0. The number of carbonyl (C=O) groups excluding carboxylic acids is 1. The van der Waals surface area contributed by atoms with Crippen molar-refractivity contribution in [3.05, 3.63) is 52.0 Å². The number of phenolic OH excluding ortho intramolecular Hbond substituents is 2. The molecule has 0 unspecified atom stereocenters. The summed E-state index contributed by atoms with van der Waals surface area (Å²) >= 11 is 5.78. The van der Waals surface area contributed by atoms with Crippen LogP contribution in [0.1, 0.15) is 21.5 Å². The van der Waals surface area contributed by atoms with Crippen LogP contribution >= 0.6 is 11.6 Å². The molecule has 20 heavy (non-hydrogen) atoms. The van der Waals surface area contributed by atoms with Crippen molar-refractivity contribution < 1.29 is 15.0 Å². The van der Waals surface area contributed by atoms with Gasteiger partial charge < -0.3 is 15.5 Å². The highest BCUT2D eigenvalue weighted by Crippen LogP contribution is 2.27. The largest absolute Gasteiger partial charge is 0.508 e. The van der Waals surface area contributed by atoms with Gasteiger partial charge in [-0.15, -0.1) is 0 Å². The van der Waals surface area contributed by atoms with Crippen LogP contribution in [0.2, 0.25) is 5.02 Å². The third-order valence-corrected chi connectivity index (χ3v) is 3.30. The van der Waals surface area contributed by atoms with Crippen LogP contribution in [0.3, 0.4) is 0 Å². The van der Waals surface area contributed by atoms with Gasteiger partial charge in [-0.1, -0.05) is 11.6 Å². The summed E-state index contributed by atoms with van der Waals surface area (Å²) in [6, 6.07) is 7.54. The number of aromatic hydroxyl groups is 2. The molecule has 0 atom stereocenters. The third-order valence-electron chi connectivity index (χ3n) is 3.00. The fourth-order valence-electron chi connectivity index (χ4n) is 1.78. The molecule has 0 saturated heterocycles. The molecule has 2 rings (SSSR count). The van der Waals surface area contributed by atoms with Gasteiger partial charge in [0.1, 0.15) is 11.5 Å². The molecule has 1 amide bonds. The van der Waals surface area contributed by atoms with E-state index < -0.39 is 0 Å². The number of phenols is 2. The van der Waals surface area contributed by atoms with Crippen molar-refractivity contribution in [3.8, 4) is 11.5 Å². The second kappa shape index (κ2) is 5.43. The molecule has 0 spiro atoms. The number of halogens is 1. The Morgan fingerprint density at radius 1 is 1.05 bits per heavy atom. The van der Waals surface area contributed by atoms with Gasteiger partial charge in [-0.3, -0.25) is 4.79 Å². The maximum atomic E-state index is 12.1. The quantitative estimate of drug-likeness (QED) is 0.740. The number of aryl methyl sites for hydroxylation is 2. The van der Waals surface area contributed by atoms with Crippen molar-refractivity contribution in [1.82, 2.24) is 0 Å². The highest BCUT2D eigenvalue weighted by Gasteiger charge is 2.11. The fourth-order valence-corrected chi connectivity index (χ4v) is 1.96. The highest BCUT2D eigenvalue weighted by molar-refractivity contribution is 6.32. The van der Waals surface area contributed by atoms with Crippen LogP contribution in [-0.2, 0) is 0 Å². The fraction of sp³-hybridized carbons (Fsp3) is 0.133. The van der Waals surface area contributed by atoms with Crippen LogP contribution in [-0.4, -0.2) is 16.1 Å². The van der Waals surface area contributed by atoms with E-state index in [1.165, 1.54) is 18.2 Å². The topological polar surface area (TPSA) is 69.6 Å². The molecule has 0 aliphatic rings. The first-order valence-corrected chi connectivity index (χ1v) is 6.36. The molecule has 0 aliphatic carbocycles. The van der Waals surface area contributed by atoms with E-state index in [1.54, 1.807) is 26.0 Å². The zero-order valence-corrected chi connectivity index (χ0v) is 11.8.